The molecule has 0 aliphatic carbocycles. The van der Waals surface area contributed by atoms with Crippen LogP contribution in [0.5, 0.6) is 5.88 Å². The van der Waals surface area contributed by atoms with Crippen molar-refractivity contribution in [1.29, 1.82) is 0 Å². The van der Waals surface area contributed by atoms with Crippen LogP contribution in [0.3, 0.4) is 0 Å². The van der Waals surface area contributed by atoms with Crippen LogP contribution in [-0.2, 0) is 10.6 Å². The Kier molecular flexibility index (Phi) is 5.70. The van der Waals surface area contributed by atoms with E-state index in [0.717, 1.165) is 0 Å². The Morgan fingerprint density at radius 1 is 1.43 bits per heavy atom. The number of pyridine rings is 1. The van der Waals surface area contributed by atoms with Crippen molar-refractivity contribution < 1.29 is 36.2 Å². The lowest BCUT2D eigenvalue weighted by Gasteiger charge is -2.15. The Morgan fingerprint density at radius 3 is 2.48 bits per heavy atom. The predicted molar refractivity (Wildman–Crippen MR) is 61.4 cm³/mol. The van der Waals surface area contributed by atoms with Crippen molar-refractivity contribution in [2.45, 2.75) is 25.6 Å². The summed E-state index contributed by atoms with van der Waals surface area (Å²) in [7, 11) is 0. The molecule has 21 heavy (non-hydrogen) atoms. The molecule has 0 atom stereocenters. The highest BCUT2D eigenvalue weighted by Gasteiger charge is 2.35. The summed E-state index contributed by atoms with van der Waals surface area (Å²) in [6, 6.07) is 0.637. The molecule has 1 aromatic rings. The largest absolute Gasteiger partial charge is 0.574 e. The van der Waals surface area contributed by atoms with Gasteiger partial charge >= 0.3 is 12.3 Å². The standard InChI is InChI=1S/C11H9ClF5NO3/c1-2-20-10(19)7-5(4-12)3-6(8(13)14)9(18-7)21-11(15,16)17/h3,8H,2,4H2,1H3. The second-order valence-corrected chi connectivity index (χ2v) is 3.86. The summed E-state index contributed by atoms with van der Waals surface area (Å²) in [6.45, 7) is 1.38. The number of carbonyl (C=O) groups excluding carboxylic acids is 1. The number of aromatic nitrogens is 1. The van der Waals surface area contributed by atoms with E-state index in [1.165, 1.54) is 6.92 Å². The summed E-state index contributed by atoms with van der Waals surface area (Å²) in [6.07, 6.45) is -8.52. The first-order chi connectivity index (χ1) is 9.69. The van der Waals surface area contributed by atoms with Gasteiger partial charge in [0.05, 0.1) is 12.2 Å². The van der Waals surface area contributed by atoms with E-state index in [2.05, 4.69) is 14.5 Å². The molecule has 0 amide bonds. The first-order valence-electron chi connectivity index (χ1n) is 5.50. The maximum Gasteiger partial charge on any atom is 0.574 e. The van der Waals surface area contributed by atoms with Gasteiger partial charge in [0.1, 0.15) is 0 Å². The molecule has 0 fully saturated rings. The molecule has 1 rings (SSSR count). The molecule has 0 saturated heterocycles. The fourth-order valence-electron chi connectivity index (χ4n) is 1.38. The fraction of sp³-hybridized carbons (Fsp3) is 0.455. The number of nitrogens with zero attached hydrogens (tertiary/aromatic N) is 1. The van der Waals surface area contributed by atoms with Crippen LogP contribution in [0.15, 0.2) is 6.07 Å². The van der Waals surface area contributed by atoms with Gasteiger partial charge in [-0.25, -0.2) is 18.6 Å². The molecule has 0 aromatic carbocycles. The summed E-state index contributed by atoms with van der Waals surface area (Å²) in [4.78, 5) is 14.7. The van der Waals surface area contributed by atoms with E-state index in [1.54, 1.807) is 0 Å². The highest BCUT2D eigenvalue weighted by atomic mass is 35.5. The lowest BCUT2D eigenvalue weighted by Crippen LogP contribution is -2.21. The van der Waals surface area contributed by atoms with E-state index in [1.807, 2.05) is 0 Å². The number of carbonyl (C=O) groups is 1. The van der Waals surface area contributed by atoms with E-state index in [4.69, 9.17) is 11.6 Å². The van der Waals surface area contributed by atoms with Crippen LogP contribution in [-0.4, -0.2) is 23.9 Å². The Bertz CT molecular complexity index is 521. The molecule has 0 spiro atoms. The van der Waals surface area contributed by atoms with Crippen LogP contribution in [0.4, 0.5) is 22.0 Å². The predicted octanol–water partition coefficient (Wildman–Crippen LogP) is 3.83. The Morgan fingerprint density at radius 2 is 2.05 bits per heavy atom. The van der Waals surface area contributed by atoms with Gasteiger partial charge in [0, 0.05) is 11.4 Å². The summed E-state index contributed by atoms with van der Waals surface area (Å²) >= 11 is 5.48. The average molecular weight is 334 g/mol. The third-order valence-corrected chi connectivity index (χ3v) is 2.44. The Labute approximate surface area is 120 Å². The zero-order valence-corrected chi connectivity index (χ0v) is 11.3. The third kappa shape index (κ3) is 4.69. The average Bonchev–Trinajstić information content (AvgIpc) is 2.36. The molecular weight excluding hydrogens is 325 g/mol. The molecule has 0 radical (unpaired) electrons. The zero-order valence-electron chi connectivity index (χ0n) is 10.5. The van der Waals surface area contributed by atoms with E-state index < -0.39 is 41.8 Å². The molecule has 10 heteroatoms. The molecule has 0 saturated carbocycles. The quantitative estimate of drug-likeness (QED) is 0.467. The van der Waals surface area contributed by atoms with Crippen LogP contribution in [0.25, 0.3) is 0 Å². The van der Waals surface area contributed by atoms with Crippen LogP contribution in [0.1, 0.15) is 35.0 Å². The molecule has 1 heterocycles. The minimum Gasteiger partial charge on any atom is -0.461 e. The van der Waals surface area contributed by atoms with Gasteiger partial charge in [0.2, 0.25) is 5.88 Å². The number of hydrogen-bond donors (Lipinski definition) is 0. The van der Waals surface area contributed by atoms with Gasteiger partial charge in [-0.05, 0) is 13.0 Å². The van der Waals surface area contributed by atoms with Gasteiger partial charge in [0.25, 0.3) is 6.43 Å². The Hall–Kier alpha value is -1.64. The minimum absolute atomic E-state index is 0.0751. The van der Waals surface area contributed by atoms with Gasteiger partial charge in [-0.2, -0.15) is 0 Å². The van der Waals surface area contributed by atoms with Crippen LogP contribution < -0.4 is 4.74 Å². The molecule has 118 valence electrons. The SMILES string of the molecule is CCOC(=O)c1nc(OC(F)(F)F)c(C(F)F)cc1CCl. The van der Waals surface area contributed by atoms with E-state index in [0.29, 0.717) is 6.07 Å². The van der Waals surface area contributed by atoms with E-state index in [9.17, 15) is 26.7 Å². The number of ether oxygens (including phenoxy) is 2. The molecule has 0 aliphatic rings. The Balaban J connectivity index is 3.38. The highest BCUT2D eigenvalue weighted by Crippen LogP contribution is 2.33. The lowest BCUT2D eigenvalue weighted by atomic mass is 10.1. The van der Waals surface area contributed by atoms with Crippen molar-refractivity contribution >= 4 is 17.6 Å². The zero-order chi connectivity index (χ0) is 16.2. The van der Waals surface area contributed by atoms with Crippen molar-refractivity contribution in [3.63, 3.8) is 0 Å². The van der Waals surface area contributed by atoms with Gasteiger partial charge in [-0.3, -0.25) is 0 Å². The molecule has 0 N–H and O–H groups in total. The normalized spacial score (nSPS) is 11.6. The van der Waals surface area contributed by atoms with Gasteiger partial charge in [0.15, 0.2) is 5.69 Å². The van der Waals surface area contributed by atoms with Crippen molar-refractivity contribution in [1.82, 2.24) is 4.98 Å². The van der Waals surface area contributed by atoms with Crippen molar-refractivity contribution in [2.75, 3.05) is 6.61 Å². The van der Waals surface area contributed by atoms with Gasteiger partial charge in [-0.15, -0.1) is 24.8 Å². The molecular formula is C11H9ClF5NO3. The fourth-order valence-corrected chi connectivity index (χ4v) is 1.59. The number of alkyl halides is 6. The summed E-state index contributed by atoms with van der Waals surface area (Å²) in [5.41, 5.74) is -1.90. The maximum atomic E-state index is 12.8. The smallest absolute Gasteiger partial charge is 0.461 e. The van der Waals surface area contributed by atoms with Crippen LogP contribution in [0.2, 0.25) is 0 Å². The molecule has 4 nitrogen and oxygen atoms in total. The highest BCUT2D eigenvalue weighted by molar-refractivity contribution is 6.17. The summed E-state index contributed by atoms with van der Waals surface area (Å²) < 4.78 is 70.1. The van der Waals surface area contributed by atoms with Gasteiger partial charge < -0.3 is 9.47 Å². The summed E-state index contributed by atoms with van der Waals surface area (Å²) in [5, 5.41) is 0. The molecule has 0 aliphatic heterocycles. The molecule has 0 bridgehead atoms. The number of hydrogen-bond acceptors (Lipinski definition) is 4. The number of esters is 1. The van der Waals surface area contributed by atoms with Crippen LogP contribution in [0, 0.1) is 0 Å². The monoisotopic (exact) mass is 333 g/mol. The first-order valence-corrected chi connectivity index (χ1v) is 6.03. The number of halogens is 6. The van der Waals surface area contributed by atoms with Crippen molar-refractivity contribution in [2.24, 2.45) is 0 Å². The van der Waals surface area contributed by atoms with Crippen molar-refractivity contribution in [3.05, 3.63) is 22.9 Å². The van der Waals surface area contributed by atoms with Crippen LogP contribution >= 0.6 is 11.6 Å². The third-order valence-electron chi connectivity index (χ3n) is 2.15. The first kappa shape index (κ1) is 17.4. The topological polar surface area (TPSA) is 48.4 Å². The minimum atomic E-state index is -5.23. The van der Waals surface area contributed by atoms with E-state index >= 15 is 0 Å². The molecule has 0 unspecified atom stereocenters. The molecule has 1 aromatic heterocycles. The maximum absolute atomic E-state index is 12.8. The van der Waals surface area contributed by atoms with Crippen molar-refractivity contribution in [3.8, 4) is 5.88 Å². The number of rotatable bonds is 5. The van der Waals surface area contributed by atoms with Gasteiger partial charge in [-0.1, -0.05) is 0 Å². The second kappa shape index (κ2) is 6.88. The summed E-state index contributed by atoms with van der Waals surface area (Å²) in [5.74, 6) is -2.90. The van der Waals surface area contributed by atoms with E-state index in [-0.39, 0.29) is 12.2 Å². The second-order valence-electron chi connectivity index (χ2n) is 3.59. The lowest BCUT2D eigenvalue weighted by molar-refractivity contribution is -0.276.